The van der Waals surface area contributed by atoms with Gasteiger partial charge in [-0.3, -0.25) is 4.79 Å². The third-order valence-corrected chi connectivity index (χ3v) is 3.34. The molecule has 1 aromatic rings. The van der Waals surface area contributed by atoms with E-state index in [1.165, 1.54) is 0 Å². The van der Waals surface area contributed by atoms with Crippen LogP contribution in [-0.4, -0.2) is 43.9 Å². The van der Waals surface area contributed by atoms with Gasteiger partial charge in [0.25, 0.3) is 5.91 Å². The minimum Gasteiger partial charge on any atom is -0.371 e. The molecule has 0 spiro atoms. The van der Waals surface area contributed by atoms with E-state index >= 15 is 0 Å². The number of ether oxygens (including phenoxy) is 2. The Morgan fingerprint density at radius 1 is 1.39 bits per heavy atom. The molecule has 0 N–H and O–H groups in total. The van der Waals surface area contributed by atoms with E-state index in [1.54, 1.807) is 12.0 Å². The molecule has 4 nitrogen and oxygen atoms in total. The van der Waals surface area contributed by atoms with Crippen molar-refractivity contribution in [2.75, 3.05) is 27.0 Å². The number of hydrogen-bond donors (Lipinski definition) is 0. The van der Waals surface area contributed by atoms with E-state index in [9.17, 15) is 4.79 Å². The normalized spacial score (nSPS) is 18.7. The zero-order valence-corrected chi connectivity index (χ0v) is 10.8. The molecule has 2 rings (SSSR count). The van der Waals surface area contributed by atoms with Crippen molar-refractivity contribution in [3.8, 4) is 0 Å². The van der Waals surface area contributed by atoms with E-state index in [1.807, 2.05) is 37.3 Å². The van der Waals surface area contributed by atoms with Gasteiger partial charge in [-0.25, -0.2) is 0 Å². The molecule has 0 aliphatic carbocycles. The third kappa shape index (κ3) is 2.71. The zero-order valence-electron chi connectivity index (χ0n) is 10.8. The highest BCUT2D eigenvalue weighted by atomic mass is 16.5. The molecule has 1 aromatic carbocycles. The van der Waals surface area contributed by atoms with Crippen LogP contribution in [-0.2, 0) is 14.3 Å². The van der Waals surface area contributed by atoms with Crippen molar-refractivity contribution in [3.05, 3.63) is 35.9 Å². The number of benzene rings is 1. The second-order valence-corrected chi connectivity index (χ2v) is 4.49. The van der Waals surface area contributed by atoms with Crippen molar-refractivity contribution in [1.29, 1.82) is 0 Å². The van der Waals surface area contributed by atoms with Gasteiger partial charge in [0, 0.05) is 19.6 Å². The number of rotatable bonds is 4. The van der Waals surface area contributed by atoms with Crippen molar-refractivity contribution >= 4 is 5.91 Å². The molecule has 1 aliphatic rings. The van der Waals surface area contributed by atoms with Gasteiger partial charge in [0.2, 0.25) is 0 Å². The van der Waals surface area contributed by atoms with Gasteiger partial charge in [0.1, 0.15) is 12.8 Å². The molecule has 0 bridgehead atoms. The van der Waals surface area contributed by atoms with Crippen molar-refractivity contribution in [3.63, 3.8) is 0 Å². The molecule has 4 heteroatoms. The lowest BCUT2D eigenvalue weighted by Gasteiger charge is -2.26. The van der Waals surface area contributed by atoms with Crippen LogP contribution < -0.4 is 0 Å². The average Bonchev–Trinajstić information content (AvgIpc) is 2.94. The van der Waals surface area contributed by atoms with Crippen LogP contribution in [0.5, 0.6) is 0 Å². The van der Waals surface area contributed by atoms with Gasteiger partial charge >= 0.3 is 0 Å². The van der Waals surface area contributed by atoms with Crippen LogP contribution in [0, 0.1) is 0 Å². The highest BCUT2D eigenvalue weighted by Crippen LogP contribution is 2.23. The number of carbonyl (C=O) groups excluding carboxylic acids is 1. The molecule has 98 valence electrons. The quantitative estimate of drug-likeness (QED) is 0.814. The number of carbonyl (C=O) groups is 1. The molecule has 2 atom stereocenters. The van der Waals surface area contributed by atoms with Crippen LogP contribution >= 0.6 is 0 Å². The summed E-state index contributed by atoms with van der Waals surface area (Å²) < 4.78 is 10.6. The van der Waals surface area contributed by atoms with Crippen molar-refractivity contribution in [2.45, 2.75) is 18.9 Å². The minimum absolute atomic E-state index is 0.00588. The van der Waals surface area contributed by atoms with Crippen molar-refractivity contribution in [2.24, 2.45) is 0 Å². The second kappa shape index (κ2) is 5.98. The molecular formula is C14H19NO3. The monoisotopic (exact) mass is 249 g/mol. The predicted octanol–water partition coefficient (Wildman–Crippen LogP) is 1.62. The third-order valence-electron chi connectivity index (χ3n) is 3.34. The van der Waals surface area contributed by atoms with E-state index in [-0.39, 0.29) is 11.8 Å². The summed E-state index contributed by atoms with van der Waals surface area (Å²) in [5.41, 5.74) is 1.11. The number of amides is 1. The van der Waals surface area contributed by atoms with Crippen LogP contribution in [0.15, 0.2) is 30.3 Å². The Balaban J connectivity index is 2.10. The number of methoxy groups -OCH3 is 1. The first kappa shape index (κ1) is 13.1. The second-order valence-electron chi connectivity index (χ2n) is 4.49. The number of hydrogen-bond acceptors (Lipinski definition) is 3. The molecule has 1 saturated heterocycles. The van der Waals surface area contributed by atoms with Crippen LogP contribution in [0.25, 0.3) is 0 Å². The lowest BCUT2D eigenvalue weighted by molar-refractivity contribution is -0.143. The van der Waals surface area contributed by atoms with E-state index < -0.39 is 6.10 Å². The highest BCUT2D eigenvalue weighted by Gasteiger charge is 2.31. The maximum Gasteiger partial charge on any atom is 0.254 e. The standard InChI is InChI=1S/C14H19NO3/c1-11(12-6-4-3-5-7-12)13(17-2)14(16)15-8-9-18-10-15/h3-7,11,13H,8-10H2,1-2H3. The Kier molecular flexibility index (Phi) is 4.33. The summed E-state index contributed by atoms with van der Waals surface area (Å²) in [6, 6.07) is 9.95. The summed E-state index contributed by atoms with van der Waals surface area (Å²) in [6.07, 6.45) is -0.450. The smallest absolute Gasteiger partial charge is 0.254 e. The molecule has 0 aromatic heterocycles. The summed E-state index contributed by atoms with van der Waals surface area (Å²) in [6.45, 7) is 3.65. The molecule has 0 saturated carbocycles. The predicted molar refractivity (Wildman–Crippen MR) is 68.2 cm³/mol. The van der Waals surface area contributed by atoms with Crippen molar-refractivity contribution < 1.29 is 14.3 Å². The van der Waals surface area contributed by atoms with Crippen LogP contribution in [0.1, 0.15) is 18.4 Å². The first-order chi connectivity index (χ1) is 8.74. The van der Waals surface area contributed by atoms with Gasteiger partial charge in [0.05, 0.1) is 6.61 Å². The Labute approximate surface area is 107 Å². The average molecular weight is 249 g/mol. The minimum atomic E-state index is -0.450. The van der Waals surface area contributed by atoms with Crippen LogP contribution in [0.3, 0.4) is 0 Å². The van der Waals surface area contributed by atoms with Gasteiger partial charge in [-0.15, -0.1) is 0 Å². The van der Waals surface area contributed by atoms with Gasteiger partial charge in [-0.1, -0.05) is 37.3 Å². The van der Waals surface area contributed by atoms with E-state index in [0.717, 1.165) is 5.56 Å². The summed E-state index contributed by atoms with van der Waals surface area (Å²) in [4.78, 5) is 14.0. The van der Waals surface area contributed by atoms with E-state index in [2.05, 4.69) is 0 Å². The fourth-order valence-electron chi connectivity index (χ4n) is 2.22. The summed E-state index contributed by atoms with van der Waals surface area (Å²) in [5, 5.41) is 0. The summed E-state index contributed by atoms with van der Waals surface area (Å²) in [5.74, 6) is 0.0376. The fraction of sp³-hybridized carbons (Fsp3) is 0.500. The Hall–Kier alpha value is -1.39. The molecule has 18 heavy (non-hydrogen) atoms. The van der Waals surface area contributed by atoms with Gasteiger partial charge < -0.3 is 14.4 Å². The van der Waals surface area contributed by atoms with Crippen LogP contribution in [0.2, 0.25) is 0 Å². The Morgan fingerprint density at radius 2 is 2.11 bits per heavy atom. The SMILES string of the molecule is COC(C(=O)N1CCOC1)C(C)c1ccccc1. The first-order valence-electron chi connectivity index (χ1n) is 6.18. The maximum absolute atomic E-state index is 12.3. The topological polar surface area (TPSA) is 38.8 Å². The highest BCUT2D eigenvalue weighted by molar-refractivity contribution is 5.82. The molecule has 1 fully saturated rings. The largest absolute Gasteiger partial charge is 0.371 e. The molecule has 2 unspecified atom stereocenters. The molecule has 1 amide bonds. The van der Waals surface area contributed by atoms with E-state index in [0.29, 0.717) is 19.9 Å². The molecule has 0 radical (unpaired) electrons. The lowest BCUT2D eigenvalue weighted by atomic mass is 9.94. The molecule has 1 aliphatic heterocycles. The van der Waals surface area contributed by atoms with Gasteiger partial charge in [-0.2, -0.15) is 0 Å². The molecular weight excluding hydrogens is 230 g/mol. The van der Waals surface area contributed by atoms with Gasteiger partial charge in [0.15, 0.2) is 0 Å². The zero-order chi connectivity index (χ0) is 13.0. The summed E-state index contributed by atoms with van der Waals surface area (Å²) in [7, 11) is 1.58. The van der Waals surface area contributed by atoms with E-state index in [4.69, 9.17) is 9.47 Å². The first-order valence-corrected chi connectivity index (χ1v) is 6.18. The van der Waals surface area contributed by atoms with Crippen LogP contribution in [0.4, 0.5) is 0 Å². The molecule has 1 heterocycles. The fourth-order valence-corrected chi connectivity index (χ4v) is 2.22. The van der Waals surface area contributed by atoms with Gasteiger partial charge in [-0.05, 0) is 5.56 Å². The lowest BCUT2D eigenvalue weighted by Crippen LogP contribution is -2.41. The maximum atomic E-state index is 12.3. The number of nitrogens with zero attached hydrogens (tertiary/aromatic N) is 1. The van der Waals surface area contributed by atoms with Crippen molar-refractivity contribution in [1.82, 2.24) is 4.90 Å². The Bertz CT molecular complexity index is 387. The Morgan fingerprint density at radius 3 is 2.67 bits per heavy atom. The summed E-state index contributed by atoms with van der Waals surface area (Å²) >= 11 is 0.